The van der Waals surface area contributed by atoms with Crippen LogP contribution in [0.25, 0.3) is 0 Å². The maximum absolute atomic E-state index is 12.9. The second kappa shape index (κ2) is 8.16. The minimum Gasteiger partial charge on any atom is -0.322 e. The van der Waals surface area contributed by atoms with Crippen LogP contribution >= 0.6 is 0 Å². The van der Waals surface area contributed by atoms with Gasteiger partial charge in [-0.25, -0.2) is 8.42 Å². The highest BCUT2D eigenvalue weighted by molar-refractivity contribution is 7.89. The third-order valence-corrected chi connectivity index (χ3v) is 5.88. The molecule has 0 spiro atoms. The van der Waals surface area contributed by atoms with Crippen molar-refractivity contribution in [2.45, 2.75) is 11.4 Å². The van der Waals surface area contributed by atoms with Crippen LogP contribution in [-0.2, 0) is 16.6 Å². The molecule has 0 saturated carbocycles. The first kappa shape index (κ1) is 18.8. The van der Waals surface area contributed by atoms with Crippen molar-refractivity contribution in [2.75, 3.05) is 12.4 Å². The Morgan fingerprint density at radius 3 is 2.19 bits per heavy atom. The van der Waals surface area contributed by atoms with Gasteiger partial charge in [-0.2, -0.15) is 4.31 Å². The fraction of sp³-hybridized carbons (Fsp3) is 0.0952. The van der Waals surface area contributed by atoms with E-state index in [2.05, 4.69) is 5.32 Å². The topological polar surface area (TPSA) is 66.5 Å². The van der Waals surface area contributed by atoms with E-state index in [9.17, 15) is 13.2 Å². The molecule has 1 amide bonds. The molecule has 0 unspecified atom stereocenters. The van der Waals surface area contributed by atoms with Crippen LogP contribution in [0.3, 0.4) is 0 Å². The van der Waals surface area contributed by atoms with Crippen LogP contribution in [-0.4, -0.2) is 25.7 Å². The van der Waals surface area contributed by atoms with Crippen LogP contribution < -0.4 is 5.32 Å². The summed E-state index contributed by atoms with van der Waals surface area (Å²) in [6, 6.07) is 24.4. The average Bonchev–Trinajstić information content (AvgIpc) is 2.69. The predicted octanol–water partition coefficient (Wildman–Crippen LogP) is 3.76. The monoisotopic (exact) mass is 380 g/mol. The molecule has 0 aliphatic carbocycles. The van der Waals surface area contributed by atoms with Crippen LogP contribution in [0, 0.1) is 0 Å². The van der Waals surface area contributed by atoms with Crippen molar-refractivity contribution in [1.82, 2.24) is 4.31 Å². The lowest BCUT2D eigenvalue weighted by molar-refractivity contribution is 0.102. The number of amides is 1. The number of nitrogens with zero attached hydrogens (tertiary/aromatic N) is 1. The zero-order chi connectivity index (χ0) is 19.3. The molecule has 5 nitrogen and oxygen atoms in total. The summed E-state index contributed by atoms with van der Waals surface area (Å²) in [5.41, 5.74) is 1.83. The Hall–Kier alpha value is -2.96. The minimum atomic E-state index is -3.71. The molecule has 0 fully saturated rings. The SMILES string of the molecule is CN(Cc1ccccc1)S(=O)(=O)c1cccc(C(=O)Nc2ccccc2)c1. The molecule has 0 aliphatic heterocycles. The Morgan fingerprint density at radius 1 is 0.889 bits per heavy atom. The van der Waals surface area contributed by atoms with E-state index in [1.807, 2.05) is 48.5 Å². The molecule has 0 saturated heterocycles. The number of sulfonamides is 1. The van der Waals surface area contributed by atoms with Gasteiger partial charge in [0.1, 0.15) is 0 Å². The molecule has 1 N–H and O–H groups in total. The summed E-state index contributed by atoms with van der Waals surface area (Å²) in [5, 5.41) is 2.76. The van der Waals surface area contributed by atoms with Crippen molar-refractivity contribution in [3.8, 4) is 0 Å². The van der Waals surface area contributed by atoms with Crippen molar-refractivity contribution in [3.05, 3.63) is 96.1 Å². The number of hydrogen-bond donors (Lipinski definition) is 1. The van der Waals surface area contributed by atoms with Crippen molar-refractivity contribution in [2.24, 2.45) is 0 Å². The van der Waals surface area contributed by atoms with Crippen molar-refractivity contribution in [1.29, 1.82) is 0 Å². The number of anilines is 1. The molecule has 138 valence electrons. The van der Waals surface area contributed by atoms with Gasteiger partial charge in [0.05, 0.1) is 4.90 Å². The van der Waals surface area contributed by atoms with Crippen LogP contribution in [0.1, 0.15) is 15.9 Å². The molecule has 6 heteroatoms. The minimum absolute atomic E-state index is 0.0849. The largest absolute Gasteiger partial charge is 0.322 e. The molecule has 27 heavy (non-hydrogen) atoms. The third kappa shape index (κ3) is 4.61. The van der Waals surface area contributed by atoms with Crippen molar-refractivity contribution < 1.29 is 13.2 Å². The first-order valence-electron chi connectivity index (χ1n) is 8.43. The zero-order valence-corrected chi connectivity index (χ0v) is 15.7. The number of carbonyl (C=O) groups is 1. The van der Waals surface area contributed by atoms with Gasteiger partial charge in [0.15, 0.2) is 0 Å². The standard InChI is InChI=1S/C21H20N2O3S/c1-23(16-17-9-4-2-5-10-17)27(25,26)20-14-8-11-18(15-20)21(24)22-19-12-6-3-7-13-19/h2-15H,16H2,1H3,(H,22,24). The Balaban J connectivity index is 1.80. The summed E-state index contributed by atoms with van der Waals surface area (Å²) in [4.78, 5) is 12.5. The highest BCUT2D eigenvalue weighted by atomic mass is 32.2. The summed E-state index contributed by atoms with van der Waals surface area (Å²) in [7, 11) is -2.19. The number of rotatable bonds is 6. The van der Waals surface area contributed by atoms with Crippen molar-refractivity contribution in [3.63, 3.8) is 0 Å². The Kier molecular flexibility index (Phi) is 5.69. The third-order valence-electron chi connectivity index (χ3n) is 4.08. The van der Waals surface area contributed by atoms with Gasteiger partial charge >= 0.3 is 0 Å². The Morgan fingerprint density at radius 2 is 1.52 bits per heavy atom. The van der Waals surface area contributed by atoms with E-state index < -0.39 is 10.0 Å². The van der Waals surface area contributed by atoms with E-state index in [-0.39, 0.29) is 22.9 Å². The summed E-state index contributed by atoms with van der Waals surface area (Å²) in [6.45, 7) is 0.254. The van der Waals surface area contributed by atoms with E-state index in [0.29, 0.717) is 5.69 Å². The van der Waals surface area contributed by atoms with Gasteiger partial charge in [0, 0.05) is 24.8 Å². The number of carbonyl (C=O) groups excluding carboxylic acids is 1. The van der Waals surface area contributed by atoms with E-state index >= 15 is 0 Å². The molecular weight excluding hydrogens is 360 g/mol. The number of para-hydroxylation sites is 1. The van der Waals surface area contributed by atoms with Crippen LogP contribution in [0.15, 0.2) is 89.8 Å². The highest BCUT2D eigenvalue weighted by Crippen LogP contribution is 2.19. The highest BCUT2D eigenvalue weighted by Gasteiger charge is 2.22. The van der Waals surface area contributed by atoms with Crippen molar-refractivity contribution >= 4 is 21.6 Å². The molecule has 0 radical (unpaired) electrons. The first-order valence-corrected chi connectivity index (χ1v) is 9.87. The van der Waals surface area contributed by atoms with Gasteiger partial charge < -0.3 is 5.32 Å². The van der Waals surface area contributed by atoms with Crippen LogP contribution in [0.5, 0.6) is 0 Å². The van der Waals surface area contributed by atoms with Gasteiger partial charge in [-0.3, -0.25) is 4.79 Å². The van der Waals surface area contributed by atoms with Gasteiger partial charge in [0.25, 0.3) is 5.91 Å². The van der Waals surface area contributed by atoms with Gasteiger partial charge in [0.2, 0.25) is 10.0 Å². The van der Waals surface area contributed by atoms with E-state index in [1.165, 1.54) is 23.5 Å². The molecule has 3 aromatic rings. The second-order valence-electron chi connectivity index (χ2n) is 6.09. The quantitative estimate of drug-likeness (QED) is 0.708. The number of benzene rings is 3. The lowest BCUT2D eigenvalue weighted by Crippen LogP contribution is -2.26. The lowest BCUT2D eigenvalue weighted by atomic mass is 10.2. The van der Waals surface area contributed by atoms with Crippen LogP contribution in [0.4, 0.5) is 5.69 Å². The average molecular weight is 380 g/mol. The molecule has 0 heterocycles. The Labute approximate surface area is 159 Å². The summed E-state index contributed by atoms with van der Waals surface area (Å²) in [6.07, 6.45) is 0. The smallest absolute Gasteiger partial charge is 0.255 e. The first-order chi connectivity index (χ1) is 13.0. The lowest BCUT2D eigenvalue weighted by Gasteiger charge is -2.17. The van der Waals surface area contributed by atoms with E-state index in [0.717, 1.165) is 5.56 Å². The van der Waals surface area contributed by atoms with E-state index in [1.54, 1.807) is 24.3 Å². The van der Waals surface area contributed by atoms with Gasteiger partial charge in [-0.15, -0.1) is 0 Å². The zero-order valence-electron chi connectivity index (χ0n) is 14.9. The van der Waals surface area contributed by atoms with Crippen LogP contribution in [0.2, 0.25) is 0 Å². The predicted molar refractivity (Wildman–Crippen MR) is 106 cm³/mol. The second-order valence-corrected chi connectivity index (χ2v) is 8.14. The van der Waals surface area contributed by atoms with E-state index in [4.69, 9.17) is 0 Å². The maximum Gasteiger partial charge on any atom is 0.255 e. The van der Waals surface area contributed by atoms with Gasteiger partial charge in [-0.1, -0.05) is 54.6 Å². The fourth-order valence-corrected chi connectivity index (χ4v) is 3.83. The summed E-state index contributed by atoms with van der Waals surface area (Å²) in [5.74, 6) is -0.357. The molecule has 0 bridgehead atoms. The molecule has 3 rings (SSSR count). The summed E-state index contributed by atoms with van der Waals surface area (Å²) >= 11 is 0. The molecule has 3 aromatic carbocycles. The molecular formula is C21H20N2O3S. The normalized spacial score (nSPS) is 11.3. The molecule has 0 atom stereocenters. The Bertz CT molecular complexity index is 1020. The molecule has 0 aromatic heterocycles. The number of hydrogen-bond acceptors (Lipinski definition) is 3. The molecule has 0 aliphatic rings. The van der Waals surface area contributed by atoms with Gasteiger partial charge in [-0.05, 0) is 35.9 Å². The maximum atomic E-state index is 12.9. The fourth-order valence-electron chi connectivity index (χ4n) is 2.63. The number of nitrogens with one attached hydrogen (secondary N) is 1. The summed E-state index contributed by atoms with van der Waals surface area (Å²) < 4.78 is 27.0.